The van der Waals surface area contributed by atoms with Crippen LogP contribution in [0.25, 0.3) is 0 Å². The molecule has 1 rings (SSSR count). The van der Waals surface area contributed by atoms with Crippen LogP contribution < -0.4 is 11.3 Å². The van der Waals surface area contributed by atoms with E-state index < -0.39 is 0 Å². The van der Waals surface area contributed by atoms with E-state index in [2.05, 4.69) is 65.2 Å². The first kappa shape index (κ1) is 16.2. The third-order valence-electron chi connectivity index (χ3n) is 4.32. The van der Waals surface area contributed by atoms with Gasteiger partial charge in [-0.3, -0.25) is 11.3 Å². The minimum atomic E-state index is 0.330. The van der Waals surface area contributed by atoms with E-state index in [-0.39, 0.29) is 0 Å². The highest BCUT2D eigenvalue weighted by Crippen LogP contribution is 2.29. The Labute approximate surface area is 118 Å². The average Bonchev–Trinajstić information content (AvgIpc) is 2.31. The van der Waals surface area contributed by atoms with Crippen molar-refractivity contribution in [3.05, 3.63) is 34.9 Å². The molecule has 2 unspecified atom stereocenters. The van der Waals surface area contributed by atoms with Crippen molar-refractivity contribution in [1.82, 2.24) is 5.43 Å². The van der Waals surface area contributed by atoms with Gasteiger partial charge in [0.2, 0.25) is 0 Å². The van der Waals surface area contributed by atoms with Crippen molar-refractivity contribution >= 4 is 0 Å². The maximum absolute atomic E-state index is 5.75. The number of rotatable bonds is 5. The smallest absolute Gasteiger partial charge is 0.0253 e. The summed E-state index contributed by atoms with van der Waals surface area (Å²) in [6.45, 7) is 13.5. The van der Waals surface area contributed by atoms with Gasteiger partial charge in [0.05, 0.1) is 0 Å². The van der Waals surface area contributed by atoms with Gasteiger partial charge >= 0.3 is 0 Å². The summed E-state index contributed by atoms with van der Waals surface area (Å²) >= 11 is 0. The summed E-state index contributed by atoms with van der Waals surface area (Å²) in [5.41, 5.74) is 7.41. The third kappa shape index (κ3) is 4.96. The van der Waals surface area contributed by atoms with Crippen molar-refractivity contribution in [2.45, 2.75) is 60.4 Å². The van der Waals surface area contributed by atoms with Crippen LogP contribution in [-0.2, 0) is 6.42 Å². The van der Waals surface area contributed by atoms with Crippen LogP contribution in [0.1, 0.15) is 50.8 Å². The summed E-state index contributed by atoms with van der Waals surface area (Å²) < 4.78 is 0. The van der Waals surface area contributed by atoms with Crippen molar-refractivity contribution in [2.75, 3.05) is 0 Å². The molecule has 108 valence electrons. The van der Waals surface area contributed by atoms with E-state index in [4.69, 9.17) is 5.84 Å². The van der Waals surface area contributed by atoms with Crippen molar-refractivity contribution in [1.29, 1.82) is 0 Å². The predicted octanol–water partition coefficient (Wildman–Crippen LogP) is 3.75. The van der Waals surface area contributed by atoms with E-state index in [9.17, 15) is 0 Å². The van der Waals surface area contributed by atoms with E-state index >= 15 is 0 Å². The number of nitrogens with two attached hydrogens (primary N) is 1. The molecule has 2 heteroatoms. The molecular formula is C17H30N2. The second kappa shape index (κ2) is 6.53. The van der Waals surface area contributed by atoms with Gasteiger partial charge in [0.15, 0.2) is 0 Å². The van der Waals surface area contributed by atoms with Gasteiger partial charge in [-0.25, -0.2) is 0 Å². The Morgan fingerprint density at radius 2 is 1.84 bits per heavy atom. The topological polar surface area (TPSA) is 38.0 Å². The molecule has 0 amide bonds. The molecule has 0 aliphatic rings. The first-order valence-electron chi connectivity index (χ1n) is 7.26. The van der Waals surface area contributed by atoms with Gasteiger partial charge in [0.1, 0.15) is 0 Å². The monoisotopic (exact) mass is 262 g/mol. The first-order chi connectivity index (χ1) is 8.74. The van der Waals surface area contributed by atoms with E-state index in [1.807, 2.05) is 0 Å². The fourth-order valence-corrected chi connectivity index (χ4v) is 2.28. The highest BCUT2D eigenvalue weighted by atomic mass is 15.2. The van der Waals surface area contributed by atoms with Gasteiger partial charge in [-0.2, -0.15) is 0 Å². The minimum Gasteiger partial charge on any atom is -0.271 e. The van der Waals surface area contributed by atoms with Crippen molar-refractivity contribution < 1.29 is 0 Å². The minimum absolute atomic E-state index is 0.330. The zero-order chi connectivity index (χ0) is 14.6. The molecule has 0 fully saturated rings. The van der Waals surface area contributed by atoms with Crippen LogP contribution in [0.5, 0.6) is 0 Å². The largest absolute Gasteiger partial charge is 0.271 e. The molecule has 2 nitrogen and oxygen atoms in total. The van der Waals surface area contributed by atoms with E-state index in [1.54, 1.807) is 0 Å². The highest BCUT2D eigenvalue weighted by Gasteiger charge is 2.23. The number of benzene rings is 1. The maximum Gasteiger partial charge on any atom is 0.0253 e. The molecule has 0 aromatic heterocycles. The van der Waals surface area contributed by atoms with Gasteiger partial charge in [-0.1, -0.05) is 51.5 Å². The van der Waals surface area contributed by atoms with Crippen LogP contribution in [0.3, 0.4) is 0 Å². The molecule has 19 heavy (non-hydrogen) atoms. The molecule has 1 aromatic rings. The summed E-state index contributed by atoms with van der Waals surface area (Å²) in [5.74, 6) is 6.39. The van der Waals surface area contributed by atoms with Gasteiger partial charge < -0.3 is 0 Å². The van der Waals surface area contributed by atoms with Gasteiger partial charge in [-0.15, -0.1) is 0 Å². The molecular weight excluding hydrogens is 232 g/mol. The average molecular weight is 262 g/mol. The van der Waals surface area contributed by atoms with Crippen molar-refractivity contribution in [3.8, 4) is 0 Å². The van der Waals surface area contributed by atoms with Gasteiger partial charge in [0.25, 0.3) is 0 Å². The SMILES string of the molecule is Cc1ccc(C)c(CC(CC(C)C(C)(C)C)NN)c1. The molecule has 0 aliphatic heterocycles. The second-order valence-electron chi connectivity index (χ2n) is 7.00. The maximum atomic E-state index is 5.75. The standard InChI is InChI=1S/C17H30N2/c1-12-7-8-13(2)15(9-12)11-16(19-18)10-14(3)17(4,5)6/h7-9,14,16,19H,10-11,18H2,1-6H3. The van der Waals surface area contributed by atoms with Gasteiger partial charge in [0, 0.05) is 6.04 Å². The lowest BCUT2D eigenvalue weighted by Crippen LogP contribution is -2.39. The number of aryl methyl sites for hydroxylation is 2. The predicted molar refractivity (Wildman–Crippen MR) is 84.0 cm³/mol. The lowest BCUT2D eigenvalue weighted by Gasteiger charge is -2.30. The van der Waals surface area contributed by atoms with Crippen LogP contribution in [-0.4, -0.2) is 6.04 Å². The highest BCUT2D eigenvalue weighted by molar-refractivity contribution is 5.31. The lowest BCUT2D eigenvalue weighted by molar-refractivity contribution is 0.222. The van der Waals surface area contributed by atoms with Crippen LogP contribution in [0.4, 0.5) is 0 Å². The van der Waals surface area contributed by atoms with Crippen LogP contribution in [0.2, 0.25) is 0 Å². The first-order valence-corrected chi connectivity index (χ1v) is 7.26. The Bertz CT molecular complexity index is 404. The van der Waals surface area contributed by atoms with Crippen molar-refractivity contribution in [2.24, 2.45) is 17.2 Å². The Morgan fingerprint density at radius 3 is 2.37 bits per heavy atom. The summed E-state index contributed by atoms with van der Waals surface area (Å²) in [4.78, 5) is 0. The molecule has 0 aliphatic carbocycles. The number of nitrogens with one attached hydrogen (secondary N) is 1. The zero-order valence-corrected chi connectivity index (χ0v) is 13.4. The van der Waals surface area contributed by atoms with E-state index in [0.717, 1.165) is 12.8 Å². The van der Waals surface area contributed by atoms with Crippen LogP contribution in [0.15, 0.2) is 18.2 Å². The molecule has 0 spiro atoms. The molecule has 0 radical (unpaired) electrons. The second-order valence-corrected chi connectivity index (χ2v) is 7.00. The summed E-state index contributed by atoms with van der Waals surface area (Å²) in [6, 6.07) is 6.99. The Balaban J connectivity index is 2.74. The summed E-state index contributed by atoms with van der Waals surface area (Å²) in [6.07, 6.45) is 2.11. The van der Waals surface area contributed by atoms with Gasteiger partial charge in [-0.05, 0) is 49.1 Å². The molecule has 0 heterocycles. The summed E-state index contributed by atoms with van der Waals surface area (Å²) in [7, 11) is 0. The summed E-state index contributed by atoms with van der Waals surface area (Å²) in [5, 5.41) is 0. The van der Waals surface area contributed by atoms with E-state index in [0.29, 0.717) is 17.4 Å². The quantitative estimate of drug-likeness (QED) is 0.626. The molecule has 3 N–H and O–H groups in total. The number of hydrogen-bond donors (Lipinski definition) is 2. The fourth-order valence-electron chi connectivity index (χ4n) is 2.28. The van der Waals surface area contributed by atoms with E-state index in [1.165, 1.54) is 16.7 Å². The molecule has 0 bridgehead atoms. The molecule has 0 saturated carbocycles. The molecule has 1 aromatic carbocycles. The normalized spacial score (nSPS) is 15.3. The molecule has 2 atom stereocenters. The van der Waals surface area contributed by atoms with Crippen molar-refractivity contribution in [3.63, 3.8) is 0 Å². The fraction of sp³-hybridized carbons (Fsp3) is 0.647. The zero-order valence-electron chi connectivity index (χ0n) is 13.4. The Hall–Kier alpha value is -0.860. The Kier molecular flexibility index (Phi) is 5.57. The van der Waals surface area contributed by atoms with Crippen LogP contribution in [0, 0.1) is 25.2 Å². The number of hydrazine groups is 1. The third-order valence-corrected chi connectivity index (χ3v) is 4.32. The van der Waals surface area contributed by atoms with Crippen LogP contribution >= 0.6 is 0 Å². The Morgan fingerprint density at radius 1 is 1.21 bits per heavy atom. The lowest BCUT2D eigenvalue weighted by atomic mass is 9.77. The number of hydrogen-bond acceptors (Lipinski definition) is 2. The molecule has 0 saturated heterocycles.